The lowest BCUT2D eigenvalue weighted by Crippen LogP contribution is -2.52. The largest absolute Gasteiger partial charge is 0.310 e. The number of hydrogen-bond acceptors (Lipinski definition) is 3. The van der Waals surface area contributed by atoms with E-state index in [1.165, 1.54) is 56.8 Å². The summed E-state index contributed by atoms with van der Waals surface area (Å²) >= 11 is 2.07. The first-order valence-electron chi connectivity index (χ1n) is 7.74. The van der Waals surface area contributed by atoms with Crippen LogP contribution in [0.4, 0.5) is 0 Å². The third-order valence-electron chi connectivity index (χ3n) is 4.49. The molecule has 0 aromatic carbocycles. The van der Waals surface area contributed by atoms with E-state index < -0.39 is 0 Å². The van der Waals surface area contributed by atoms with Crippen LogP contribution in [0.25, 0.3) is 0 Å². The summed E-state index contributed by atoms with van der Waals surface area (Å²) in [5, 5.41) is 3.80. The standard InChI is InChI=1S/C15H32N2S/c1-5-15(6-2)13-17(11-8-10-16-15)14(4)9-12-18-7-3/h14,16H,5-13H2,1-4H3. The summed E-state index contributed by atoms with van der Waals surface area (Å²) in [5.41, 5.74) is 0.364. The molecule has 3 heteroatoms. The maximum absolute atomic E-state index is 3.80. The Kier molecular flexibility index (Phi) is 7.66. The second kappa shape index (κ2) is 8.44. The summed E-state index contributed by atoms with van der Waals surface area (Å²) in [4.78, 5) is 2.73. The summed E-state index contributed by atoms with van der Waals surface area (Å²) in [6, 6.07) is 0.737. The number of nitrogens with one attached hydrogen (secondary N) is 1. The van der Waals surface area contributed by atoms with Crippen molar-refractivity contribution in [2.75, 3.05) is 31.1 Å². The van der Waals surface area contributed by atoms with Gasteiger partial charge in [0.15, 0.2) is 0 Å². The van der Waals surface area contributed by atoms with Gasteiger partial charge in [-0.1, -0.05) is 20.8 Å². The van der Waals surface area contributed by atoms with Crippen LogP contribution in [0.2, 0.25) is 0 Å². The van der Waals surface area contributed by atoms with Crippen molar-refractivity contribution in [1.82, 2.24) is 10.2 Å². The molecule has 1 rings (SSSR count). The predicted molar refractivity (Wildman–Crippen MR) is 84.6 cm³/mol. The number of rotatable bonds is 7. The lowest BCUT2D eigenvalue weighted by atomic mass is 9.92. The first kappa shape index (κ1) is 16.3. The van der Waals surface area contributed by atoms with Crippen molar-refractivity contribution >= 4 is 11.8 Å². The lowest BCUT2D eigenvalue weighted by Gasteiger charge is -2.38. The Morgan fingerprint density at radius 3 is 2.61 bits per heavy atom. The van der Waals surface area contributed by atoms with E-state index in [0.717, 1.165) is 6.04 Å². The lowest BCUT2D eigenvalue weighted by molar-refractivity contribution is 0.154. The van der Waals surface area contributed by atoms with Crippen LogP contribution in [-0.2, 0) is 0 Å². The molecule has 0 radical (unpaired) electrons. The second-order valence-electron chi connectivity index (χ2n) is 5.57. The summed E-state index contributed by atoms with van der Waals surface area (Å²) in [7, 11) is 0. The van der Waals surface area contributed by atoms with Gasteiger partial charge in [0, 0.05) is 18.1 Å². The Labute approximate surface area is 118 Å². The van der Waals surface area contributed by atoms with E-state index in [-0.39, 0.29) is 0 Å². The van der Waals surface area contributed by atoms with Gasteiger partial charge < -0.3 is 5.32 Å². The molecule has 18 heavy (non-hydrogen) atoms. The molecule has 0 aromatic heterocycles. The van der Waals surface area contributed by atoms with E-state index in [2.05, 4.69) is 49.7 Å². The fourth-order valence-corrected chi connectivity index (χ4v) is 3.64. The minimum atomic E-state index is 0.364. The molecule has 1 aliphatic heterocycles. The average Bonchev–Trinajstić information content (AvgIpc) is 2.62. The van der Waals surface area contributed by atoms with Crippen LogP contribution in [0.5, 0.6) is 0 Å². The van der Waals surface area contributed by atoms with E-state index in [1.54, 1.807) is 0 Å². The highest BCUT2D eigenvalue weighted by molar-refractivity contribution is 7.99. The highest BCUT2D eigenvalue weighted by atomic mass is 32.2. The molecule has 1 N–H and O–H groups in total. The van der Waals surface area contributed by atoms with Gasteiger partial charge in [-0.05, 0) is 57.2 Å². The maximum atomic E-state index is 3.80. The molecule has 1 aliphatic rings. The molecule has 1 heterocycles. The van der Waals surface area contributed by atoms with Gasteiger partial charge in [-0.15, -0.1) is 0 Å². The zero-order valence-corrected chi connectivity index (χ0v) is 13.6. The van der Waals surface area contributed by atoms with Crippen LogP contribution in [0.1, 0.15) is 53.4 Å². The van der Waals surface area contributed by atoms with Crippen molar-refractivity contribution in [1.29, 1.82) is 0 Å². The number of thioether (sulfide) groups is 1. The topological polar surface area (TPSA) is 15.3 Å². The first-order valence-corrected chi connectivity index (χ1v) is 8.89. The van der Waals surface area contributed by atoms with Crippen molar-refractivity contribution in [3.8, 4) is 0 Å². The van der Waals surface area contributed by atoms with Gasteiger partial charge in [-0.25, -0.2) is 0 Å². The van der Waals surface area contributed by atoms with Crippen LogP contribution < -0.4 is 5.32 Å². The van der Waals surface area contributed by atoms with Gasteiger partial charge in [0.05, 0.1) is 0 Å². The second-order valence-corrected chi connectivity index (χ2v) is 6.97. The highest BCUT2D eigenvalue weighted by Gasteiger charge is 2.31. The molecule has 2 nitrogen and oxygen atoms in total. The highest BCUT2D eigenvalue weighted by Crippen LogP contribution is 2.22. The first-order chi connectivity index (χ1) is 8.67. The maximum Gasteiger partial charge on any atom is 0.0303 e. The fourth-order valence-electron chi connectivity index (χ4n) is 2.84. The zero-order chi connectivity index (χ0) is 13.4. The van der Waals surface area contributed by atoms with Gasteiger partial charge in [-0.2, -0.15) is 11.8 Å². The Morgan fingerprint density at radius 1 is 1.28 bits per heavy atom. The average molecular weight is 273 g/mol. The van der Waals surface area contributed by atoms with E-state index in [9.17, 15) is 0 Å². The molecular weight excluding hydrogens is 240 g/mol. The van der Waals surface area contributed by atoms with E-state index in [1.807, 2.05) is 0 Å². The van der Waals surface area contributed by atoms with E-state index in [4.69, 9.17) is 0 Å². The monoisotopic (exact) mass is 272 g/mol. The Hall–Kier alpha value is 0.270. The summed E-state index contributed by atoms with van der Waals surface area (Å²) in [6.07, 6.45) is 5.13. The van der Waals surface area contributed by atoms with Crippen molar-refractivity contribution in [2.24, 2.45) is 0 Å². The molecule has 1 atom stereocenters. The van der Waals surface area contributed by atoms with E-state index >= 15 is 0 Å². The molecule has 1 fully saturated rings. The molecule has 0 bridgehead atoms. The molecular formula is C15H32N2S. The predicted octanol–water partition coefficient (Wildman–Crippen LogP) is 3.37. The fraction of sp³-hybridized carbons (Fsp3) is 1.00. The molecule has 0 aliphatic carbocycles. The van der Waals surface area contributed by atoms with Crippen molar-refractivity contribution in [3.05, 3.63) is 0 Å². The zero-order valence-electron chi connectivity index (χ0n) is 12.8. The summed E-state index contributed by atoms with van der Waals surface area (Å²) in [6.45, 7) is 13.0. The molecule has 1 unspecified atom stereocenters. The third kappa shape index (κ3) is 4.75. The van der Waals surface area contributed by atoms with Crippen LogP contribution in [-0.4, -0.2) is 47.6 Å². The van der Waals surface area contributed by atoms with Crippen molar-refractivity contribution < 1.29 is 0 Å². The molecule has 0 amide bonds. The summed E-state index contributed by atoms with van der Waals surface area (Å²) < 4.78 is 0. The normalized spacial score (nSPS) is 22.7. The molecule has 0 aromatic rings. The number of nitrogens with zero attached hydrogens (tertiary/aromatic N) is 1. The van der Waals surface area contributed by atoms with Gasteiger partial charge in [-0.3, -0.25) is 4.90 Å². The minimum Gasteiger partial charge on any atom is -0.310 e. The summed E-state index contributed by atoms with van der Waals surface area (Å²) in [5.74, 6) is 2.56. The molecule has 1 saturated heterocycles. The third-order valence-corrected chi connectivity index (χ3v) is 5.42. The molecule has 0 saturated carbocycles. The SMILES string of the molecule is CCSCCC(C)N1CCCNC(CC)(CC)C1. The minimum absolute atomic E-state index is 0.364. The van der Waals surface area contributed by atoms with Gasteiger partial charge in [0.1, 0.15) is 0 Å². The van der Waals surface area contributed by atoms with Gasteiger partial charge in [0.25, 0.3) is 0 Å². The Bertz CT molecular complexity index is 217. The van der Waals surface area contributed by atoms with Gasteiger partial charge in [0.2, 0.25) is 0 Å². The van der Waals surface area contributed by atoms with Crippen LogP contribution in [0.15, 0.2) is 0 Å². The van der Waals surface area contributed by atoms with Crippen LogP contribution >= 0.6 is 11.8 Å². The van der Waals surface area contributed by atoms with Crippen molar-refractivity contribution in [3.63, 3.8) is 0 Å². The quantitative estimate of drug-likeness (QED) is 0.715. The molecule has 0 spiro atoms. The number of hydrogen-bond donors (Lipinski definition) is 1. The Balaban J connectivity index is 2.52. The van der Waals surface area contributed by atoms with Crippen molar-refractivity contribution in [2.45, 2.75) is 65.0 Å². The molecule has 108 valence electrons. The van der Waals surface area contributed by atoms with Crippen LogP contribution in [0.3, 0.4) is 0 Å². The van der Waals surface area contributed by atoms with Crippen LogP contribution in [0, 0.1) is 0 Å². The smallest absolute Gasteiger partial charge is 0.0303 e. The van der Waals surface area contributed by atoms with E-state index in [0.29, 0.717) is 5.54 Å². The van der Waals surface area contributed by atoms with Gasteiger partial charge >= 0.3 is 0 Å². The Morgan fingerprint density at radius 2 is 2.00 bits per heavy atom.